The molecule has 2 N–H and O–H groups in total. The number of nitrogens with zero attached hydrogens (tertiary/aromatic N) is 3. The second-order valence-corrected chi connectivity index (χ2v) is 10.3. The van der Waals surface area contributed by atoms with Crippen molar-refractivity contribution >= 4 is 38.2 Å². The molecule has 1 fully saturated rings. The summed E-state index contributed by atoms with van der Waals surface area (Å²) >= 11 is 1.13. The standard InChI is InChI=1S/C21H19N5O3S2/c27-21-17(7-10-26(21)13-15-11-14-6-9-22-12-18(14)24-15)25-31(28,29)20-5-4-19(30-20)16-3-1-2-8-23-16/h1-6,8-9,11-12,17,24-25H,7,10,13H2/t17-/m0/s1. The number of nitrogens with one attached hydrogen (secondary N) is 2. The summed E-state index contributed by atoms with van der Waals surface area (Å²) in [6.07, 6.45) is 5.55. The average Bonchev–Trinajstić information content (AvgIpc) is 3.49. The quantitative estimate of drug-likeness (QED) is 0.467. The molecule has 4 aromatic rings. The zero-order chi connectivity index (χ0) is 21.4. The Balaban J connectivity index is 1.28. The van der Waals surface area contributed by atoms with Crippen molar-refractivity contribution in [3.05, 3.63) is 66.7 Å². The lowest BCUT2D eigenvalue weighted by Gasteiger charge is -2.16. The third-order valence-corrected chi connectivity index (χ3v) is 8.27. The molecule has 158 valence electrons. The second-order valence-electron chi connectivity index (χ2n) is 7.31. The molecule has 0 unspecified atom stereocenters. The summed E-state index contributed by atoms with van der Waals surface area (Å²) in [5.74, 6) is -0.220. The molecule has 5 heterocycles. The number of carbonyl (C=O) groups excluding carboxylic acids is 1. The van der Waals surface area contributed by atoms with Crippen LogP contribution in [0.5, 0.6) is 0 Å². The maximum atomic E-state index is 12.9. The van der Waals surface area contributed by atoms with Crippen LogP contribution in [0.2, 0.25) is 0 Å². The summed E-state index contributed by atoms with van der Waals surface area (Å²) in [6.45, 7) is 0.887. The lowest BCUT2D eigenvalue weighted by Crippen LogP contribution is -2.41. The van der Waals surface area contributed by atoms with E-state index in [1.165, 1.54) is 0 Å². The van der Waals surface area contributed by atoms with E-state index in [1.54, 1.807) is 41.7 Å². The molecule has 0 bridgehead atoms. The SMILES string of the molecule is O=C1[C@@H](NS(=O)(=O)c2ccc(-c3ccccn3)s2)CCN1Cc1cc2ccncc2[nH]1. The van der Waals surface area contributed by atoms with Crippen LogP contribution < -0.4 is 4.72 Å². The summed E-state index contributed by atoms with van der Waals surface area (Å²) in [4.78, 5) is 26.8. The minimum Gasteiger partial charge on any atom is -0.356 e. The monoisotopic (exact) mass is 453 g/mol. The van der Waals surface area contributed by atoms with E-state index in [9.17, 15) is 13.2 Å². The highest BCUT2D eigenvalue weighted by atomic mass is 32.2. The van der Waals surface area contributed by atoms with E-state index in [4.69, 9.17) is 0 Å². The van der Waals surface area contributed by atoms with Gasteiger partial charge in [-0.1, -0.05) is 6.07 Å². The van der Waals surface area contributed by atoms with Crippen molar-refractivity contribution in [2.75, 3.05) is 6.54 Å². The minimum atomic E-state index is -3.80. The summed E-state index contributed by atoms with van der Waals surface area (Å²) < 4.78 is 28.5. The van der Waals surface area contributed by atoms with Crippen LogP contribution in [-0.2, 0) is 21.4 Å². The Labute approximate surface area is 183 Å². The van der Waals surface area contributed by atoms with Crippen molar-refractivity contribution in [3.63, 3.8) is 0 Å². The van der Waals surface area contributed by atoms with Gasteiger partial charge < -0.3 is 9.88 Å². The first-order valence-corrected chi connectivity index (χ1v) is 12.0. The van der Waals surface area contributed by atoms with Crippen molar-refractivity contribution in [1.82, 2.24) is 24.6 Å². The lowest BCUT2D eigenvalue weighted by molar-refractivity contribution is -0.129. The van der Waals surface area contributed by atoms with Gasteiger partial charge in [-0.15, -0.1) is 11.3 Å². The number of likely N-dealkylation sites (tertiary alicyclic amines) is 1. The van der Waals surface area contributed by atoms with Gasteiger partial charge in [0.1, 0.15) is 10.3 Å². The molecule has 0 saturated carbocycles. The highest BCUT2D eigenvalue weighted by Gasteiger charge is 2.35. The molecule has 8 nitrogen and oxygen atoms in total. The van der Waals surface area contributed by atoms with Gasteiger partial charge in [0.2, 0.25) is 5.91 Å². The number of rotatable bonds is 6. The third-order valence-electron chi connectivity index (χ3n) is 5.20. The first-order valence-electron chi connectivity index (χ1n) is 9.73. The Bertz CT molecular complexity index is 1310. The molecule has 10 heteroatoms. The molecule has 5 rings (SSSR count). The van der Waals surface area contributed by atoms with Crippen LogP contribution in [0.15, 0.2) is 65.3 Å². The number of thiophene rings is 1. The number of amides is 1. The number of sulfonamides is 1. The Hall–Kier alpha value is -3.08. The van der Waals surface area contributed by atoms with Crippen molar-refractivity contribution in [1.29, 1.82) is 0 Å². The van der Waals surface area contributed by atoms with E-state index < -0.39 is 16.1 Å². The van der Waals surface area contributed by atoms with E-state index in [0.29, 0.717) is 25.2 Å². The number of carbonyl (C=O) groups is 1. The van der Waals surface area contributed by atoms with Gasteiger partial charge in [-0.3, -0.25) is 14.8 Å². The Morgan fingerprint density at radius 2 is 2.10 bits per heavy atom. The molecule has 0 radical (unpaired) electrons. The minimum absolute atomic E-state index is 0.169. The van der Waals surface area contributed by atoms with Crippen molar-refractivity contribution in [2.45, 2.75) is 23.2 Å². The summed E-state index contributed by atoms with van der Waals surface area (Å²) in [6, 6.07) is 11.9. The fraction of sp³-hybridized carbons (Fsp3) is 0.190. The van der Waals surface area contributed by atoms with Crippen LogP contribution in [-0.4, -0.2) is 46.8 Å². The van der Waals surface area contributed by atoms with E-state index in [1.807, 2.05) is 24.3 Å². The predicted octanol–water partition coefficient (Wildman–Crippen LogP) is 2.77. The second kappa shape index (κ2) is 7.88. The van der Waals surface area contributed by atoms with Gasteiger partial charge in [0, 0.05) is 30.0 Å². The molecule has 4 aromatic heterocycles. The summed E-state index contributed by atoms with van der Waals surface area (Å²) in [7, 11) is -3.80. The van der Waals surface area contributed by atoms with E-state index in [-0.39, 0.29) is 10.1 Å². The first-order chi connectivity index (χ1) is 15.0. The first kappa shape index (κ1) is 19.9. The van der Waals surface area contributed by atoms with Gasteiger partial charge >= 0.3 is 0 Å². The Morgan fingerprint density at radius 1 is 1.19 bits per heavy atom. The van der Waals surface area contributed by atoms with Crippen LogP contribution in [0.25, 0.3) is 21.5 Å². The van der Waals surface area contributed by atoms with Crippen LogP contribution in [0.3, 0.4) is 0 Å². The van der Waals surface area contributed by atoms with Gasteiger partial charge in [0.25, 0.3) is 10.0 Å². The van der Waals surface area contributed by atoms with Crippen LogP contribution >= 0.6 is 11.3 Å². The molecule has 0 aromatic carbocycles. The molecule has 0 spiro atoms. The maximum Gasteiger partial charge on any atom is 0.250 e. The fourth-order valence-corrected chi connectivity index (χ4v) is 6.21. The van der Waals surface area contributed by atoms with Crippen molar-refractivity contribution in [2.24, 2.45) is 0 Å². The normalized spacial score (nSPS) is 17.0. The Kier molecular flexibility index (Phi) is 5.05. The molecule has 0 aliphatic carbocycles. The van der Waals surface area contributed by atoms with Gasteiger partial charge in [0.15, 0.2) is 0 Å². The van der Waals surface area contributed by atoms with Gasteiger partial charge in [-0.05, 0) is 42.8 Å². The van der Waals surface area contributed by atoms with Crippen LogP contribution in [0, 0.1) is 0 Å². The number of aromatic nitrogens is 3. The van der Waals surface area contributed by atoms with Crippen molar-refractivity contribution in [3.8, 4) is 10.6 Å². The molecular formula is C21H19N5O3S2. The average molecular weight is 454 g/mol. The number of pyridine rings is 2. The van der Waals surface area contributed by atoms with Crippen LogP contribution in [0.1, 0.15) is 12.1 Å². The molecule has 1 amide bonds. The molecular weight excluding hydrogens is 434 g/mol. The largest absolute Gasteiger partial charge is 0.356 e. The van der Waals surface area contributed by atoms with Gasteiger partial charge in [-0.2, -0.15) is 4.72 Å². The highest BCUT2D eigenvalue weighted by molar-refractivity contribution is 7.91. The smallest absolute Gasteiger partial charge is 0.250 e. The number of fused-ring (bicyclic) bond motifs is 1. The fourth-order valence-electron chi connectivity index (χ4n) is 3.68. The zero-order valence-corrected chi connectivity index (χ0v) is 18.0. The molecule has 1 atom stereocenters. The predicted molar refractivity (Wildman–Crippen MR) is 118 cm³/mol. The van der Waals surface area contributed by atoms with E-state index in [0.717, 1.165) is 32.8 Å². The Morgan fingerprint density at radius 3 is 2.90 bits per heavy atom. The molecule has 31 heavy (non-hydrogen) atoms. The molecule has 1 aliphatic rings. The number of aromatic amines is 1. The lowest BCUT2D eigenvalue weighted by atomic mass is 10.3. The maximum absolute atomic E-state index is 12.9. The topological polar surface area (TPSA) is 108 Å². The molecule has 1 saturated heterocycles. The van der Waals surface area contributed by atoms with Gasteiger partial charge in [-0.25, -0.2) is 8.42 Å². The highest BCUT2D eigenvalue weighted by Crippen LogP contribution is 2.30. The van der Waals surface area contributed by atoms with Crippen molar-refractivity contribution < 1.29 is 13.2 Å². The summed E-state index contributed by atoms with van der Waals surface area (Å²) in [5, 5.41) is 1.02. The molecule has 1 aliphatic heterocycles. The van der Waals surface area contributed by atoms with E-state index >= 15 is 0 Å². The van der Waals surface area contributed by atoms with E-state index in [2.05, 4.69) is 19.7 Å². The number of H-pyrrole nitrogens is 1. The third kappa shape index (κ3) is 3.97. The van der Waals surface area contributed by atoms with Crippen LogP contribution in [0.4, 0.5) is 0 Å². The number of hydrogen-bond acceptors (Lipinski definition) is 6. The summed E-state index contributed by atoms with van der Waals surface area (Å²) in [5.41, 5.74) is 2.51. The zero-order valence-electron chi connectivity index (χ0n) is 16.4. The number of hydrogen-bond donors (Lipinski definition) is 2. The van der Waals surface area contributed by atoms with Gasteiger partial charge in [0.05, 0.1) is 28.8 Å².